The van der Waals surface area contributed by atoms with E-state index in [1.54, 1.807) is 6.07 Å². The summed E-state index contributed by atoms with van der Waals surface area (Å²) in [6, 6.07) is 3.78. The molecule has 2 aliphatic rings. The molecule has 126 valence electrons. The maximum absolute atomic E-state index is 14.7. The largest absolute Gasteiger partial charge is 0.314 e. The zero-order valence-electron chi connectivity index (χ0n) is 12.8. The van der Waals surface area contributed by atoms with Gasteiger partial charge in [-0.05, 0) is 37.3 Å². The Balaban J connectivity index is 0.00000121. The molecule has 3 rings (SSSR count). The Labute approximate surface area is 149 Å². The van der Waals surface area contributed by atoms with E-state index in [0.29, 0.717) is 16.5 Å². The molecule has 0 bridgehead atoms. The zero-order valence-corrected chi connectivity index (χ0v) is 15.2. The van der Waals surface area contributed by atoms with Crippen molar-refractivity contribution in [2.45, 2.75) is 32.2 Å². The summed E-state index contributed by atoms with van der Waals surface area (Å²) in [5.41, 5.74) is 1.43. The molecule has 0 radical (unpaired) electrons. The second-order valence-corrected chi connectivity index (χ2v) is 6.42. The molecular weight excluding hydrogens is 346 g/mol. The van der Waals surface area contributed by atoms with Crippen LogP contribution in [0.5, 0.6) is 0 Å². The van der Waals surface area contributed by atoms with Gasteiger partial charge in [-0.3, -0.25) is 4.90 Å². The standard InChI is InChI=1S/C16H22ClFN2.2ClH/c1-11-5-6-13(17)14(15(11)18)16(12-3-2-4-12)20-9-7-19-8-10-20;;/h5-6,12,16,19H,2-4,7-10H2,1H3;2*1H/t16-;;/m0../s1. The summed E-state index contributed by atoms with van der Waals surface area (Å²) in [4.78, 5) is 2.42. The number of nitrogens with zero attached hydrogens (tertiary/aromatic N) is 1. The highest BCUT2D eigenvalue weighted by molar-refractivity contribution is 6.31. The van der Waals surface area contributed by atoms with Crippen molar-refractivity contribution in [2.75, 3.05) is 26.2 Å². The van der Waals surface area contributed by atoms with Crippen molar-refractivity contribution in [1.29, 1.82) is 0 Å². The van der Waals surface area contributed by atoms with Gasteiger partial charge in [0, 0.05) is 42.8 Å². The number of rotatable bonds is 3. The first-order valence-corrected chi connectivity index (χ1v) is 7.95. The molecule has 0 aromatic heterocycles. The van der Waals surface area contributed by atoms with E-state index in [0.717, 1.165) is 31.7 Å². The molecule has 1 aromatic carbocycles. The van der Waals surface area contributed by atoms with Crippen molar-refractivity contribution >= 4 is 36.4 Å². The predicted octanol–water partition coefficient (Wildman–Crippen LogP) is 4.38. The summed E-state index contributed by atoms with van der Waals surface area (Å²) in [7, 11) is 0. The Morgan fingerprint density at radius 2 is 1.86 bits per heavy atom. The highest BCUT2D eigenvalue weighted by atomic mass is 35.5. The van der Waals surface area contributed by atoms with E-state index in [-0.39, 0.29) is 36.7 Å². The topological polar surface area (TPSA) is 15.3 Å². The molecule has 1 heterocycles. The molecule has 1 N–H and O–H groups in total. The van der Waals surface area contributed by atoms with Gasteiger partial charge < -0.3 is 5.32 Å². The molecule has 1 saturated heterocycles. The van der Waals surface area contributed by atoms with Crippen LogP contribution in [0.25, 0.3) is 0 Å². The van der Waals surface area contributed by atoms with Crippen LogP contribution < -0.4 is 5.32 Å². The second-order valence-electron chi connectivity index (χ2n) is 6.01. The van der Waals surface area contributed by atoms with Crippen LogP contribution in [0.3, 0.4) is 0 Å². The average Bonchev–Trinajstić information content (AvgIpc) is 2.41. The summed E-state index contributed by atoms with van der Waals surface area (Å²) in [6.07, 6.45) is 3.65. The zero-order chi connectivity index (χ0) is 14.1. The number of halogens is 4. The first-order chi connectivity index (χ1) is 9.68. The lowest BCUT2D eigenvalue weighted by Gasteiger charge is -2.43. The molecule has 1 aliphatic heterocycles. The van der Waals surface area contributed by atoms with E-state index in [2.05, 4.69) is 10.2 Å². The maximum atomic E-state index is 14.7. The van der Waals surface area contributed by atoms with Gasteiger partial charge in [-0.2, -0.15) is 0 Å². The Morgan fingerprint density at radius 1 is 1.23 bits per heavy atom. The third kappa shape index (κ3) is 3.88. The second kappa shape index (κ2) is 8.70. The summed E-state index contributed by atoms with van der Waals surface area (Å²) < 4.78 is 14.7. The van der Waals surface area contributed by atoms with Crippen LogP contribution in [0, 0.1) is 18.7 Å². The number of nitrogens with one attached hydrogen (secondary N) is 1. The molecule has 1 atom stereocenters. The maximum Gasteiger partial charge on any atom is 0.132 e. The molecule has 0 unspecified atom stereocenters. The van der Waals surface area contributed by atoms with Crippen LogP contribution in [0.1, 0.15) is 36.4 Å². The Bertz CT molecular complexity index is 489. The van der Waals surface area contributed by atoms with E-state index in [9.17, 15) is 4.39 Å². The minimum absolute atomic E-state index is 0. The van der Waals surface area contributed by atoms with E-state index < -0.39 is 0 Å². The highest BCUT2D eigenvalue weighted by Gasteiger charge is 2.36. The molecule has 1 saturated carbocycles. The van der Waals surface area contributed by atoms with Gasteiger partial charge >= 0.3 is 0 Å². The van der Waals surface area contributed by atoms with Crippen molar-refractivity contribution in [3.8, 4) is 0 Å². The quantitative estimate of drug-likeness (QED) is 0.850. The van der Waals surface area contributed by atoms with Crippen LogP contribution >= 0.6 is 36.4 Å². The van der Waals surface area contributed by atoms with E-state index in [1.807, 2.05) is 13.0 Å². The van der Waals surface area contributed by atoms with Gasteiger partial charge in [0.2, 0.25) is 0 Å². The number of piperazine rings is 1. The van der Waals surface area contributed by atoms with Gasteiger partial charge in [0.25, 0.3) is 0 Å². The van der Waals surface area contributed by atoms with Gasteiger partial charge in [-0.25, -0.2) is 4.39 Å². The van der Waals surface area contributed by atoms with Gasteiger partial charge in [0.05, 0.1) is 0 Å². The average molecular weight is 370 g/mol. The minimum atomic E-state index is -0.104. The number of hydrogen-bond acceptors (Lipinski definition) is 2. The lowest BCUT2D eigenvalue weighted by Crippen LogP contribution is -2.48. The first-order valence-electron chi connectivity index (χ1n) is 7.57. The van der Waals surface area contributed by atoms with Crippen LogP contribution in [0.15, 0.2) is 12.1 Å². The van der Waals surface area contributed by atoms with Crippen molar-refractivity contribution in [1.82, 2.24) is 10.2 Å². The van der Waals surface area contributed by atoms with Crippen LogP contribution in [0.2, 0.25) is 5.02 Å². The monoisotopic (exact) mass is 368 g/mol. The number of hydrogen-bond donors (Lipinski definition) is 1. The molecule has 2 nitrogen and oxygen atoms in total. The fourth-order valence-electron chi connectivity index (χ4n) is 3.38. The molecule has 0 amide bonds. The molecule has 1 aliphatic carbocycles. The molecule has 22 heavy (non-hydrogen) atoms. The summed E-state index contributed by atoms with van der Waals surface area (Å²) in [5.74, 6) is 0.454. The highest BCUT2D eigenvalue weighted by Crippen LogP contribution is 2.44. The summed E-state index contributed by atoms with van der Waals surface area (Å²) in [6.45, 7) is 5.74. The molecule has 6 heteroatoms. The lowest BCUT2D eigenvalue weighted by molar-refractivity contribution is 0.0812. The summed E-state index contributed by atoms with van der Waals surface area (Å²) in [5, 5.41) is 3.95. The fourth-order valence-corrected chi connectivity index (χ4v) is 3.64. The van der Waals surface area contributed by atoms with Gasteiger partial charge in [0.1, 0.15) is 5.82 Å². The third-order valence-electron chi connectivity index (χ3n) is 4.76. The van der Waals surface area contributed by atoms with E-state index >= 15 is 0 Å². The van der Waals surface area contributed by atoms with E-state index in [1.165, 1.54) is 19.3 Å². The number of aryl methyl sites for hydroxylation is 1. The minimum Gasteiger partial charge on any atom is -0.314 e. The molecular formula is C16H24Cl3FN2. The Kier molecular flexibility index (Phi) is 7.90. The molecule has 0 spiro atoms. The van der Waals surface area contributed by atoms with Crippen molar-refractivity contribution in [2.24, 2.45) is 5.92 Å². The van der Waals surface area contributed by atoms with Crippen LogP contribution in [-0.2, 0) is 0 Å². The van der Waals surface area contributed by atoms with Crippen molar-refractivity contribution < 1.29 is 4.39 Å². The first kappa shape index (κ1) is 20.0. The smallest absolute Gasteiger partial charge is 0.132 e. The SMILES string of the molecule is Cc1ccc(Cl)c([C@H](C2CCC2)N2CCNCC2)c1F.Cl.Cl. The third-order valence-corrected chi connectivity index (χ3v) is 5.09. The van der Waals surface area contributed by atoms with Crippen molar-refractivity contribution in [3.05, 3.63) is 34.1 Å². The van der Waals surface area contributed by atoms with Crippen LogP contribution in [0.4, 0.5) is 4.39 Å². The molecule has 1 aromatic rings. The normalized spacial score (nSPS) is 20.5. The Morgan fingerprint density at radius 3 is 2.41 bits per heavy atom. The Hall–Kier alpha value is -0.0600. The van der Waals surface area contributed by atoms with Gasteiger partial charge in [-0.1, -0.05) is 24.1 Å². The van der Waals surface area contributed by atoms with E-state index in [4.69, 9.17) is 11.6 Å². The van der Waals surface area contributed by atoms with Crippen LogP contribution in [-0.4, -0.2) is 31.1 Å². The van der Waals surface area contributed by atoms with Gasteiger partial charge in [-0.15, -0.1) is 24.8 Å². The predicted molar refractivity (Wildman–Crippen MR) is 95.2 cm³/mol. The lowest BCUT2D eigenvalue weighted by atomic mass is 9.76. The fraction of sp³-hybridized carbons (Fsp3) is 0.625. The van der Waals surface area contributed by atoms with Crippen molar-refractivity contribution in [3.63, 3.8) is 0 Å². The summed E-state index contributed by atoms with van der Waals surface area (Å²) >= 11 is 6.36. The number of benzene rings is 1. The molecule has 2 fully saturated rings. The van der Waals surface area contributed by atoms with Gasteiger partial charge in [0.15, 0.2) is 0 Å².